The van der Waals surface area contributed by atoms with E-state index in [-0.39, 0.29) is 0 Å². The predicted octanol–water partition coefficient (Wildman–Crippen LogP) is 5.02. The molecule has 7 heteroatoms. The summed E-state index contributed by atoms with van der Waals surface area (Å²) in [6.07, 6.45) is 5.36. The molecule has 0 bridgehead atoms. The van der Waals surface area contributed by atoms with Gasteiger partial charge in [0.05, 0.1) is 35.6 Å². The number of fused-ring (bicyclic) bond motifs is 1. The molecule has 4 aromatic rings. The first kappa shape index (κ1) is 24.0. The SMILES string of the molecule is Cc1ccc(-c2c(-c3ccc(C#N)cc3)nc(OC[C@@H]3CCCN(C)C3)n3ccnc23)cc1C(C)O. The van der Waals surface area contributed by atoms with Gasteiger partial charge >= 0.3 is 6.01 Å². The molecule has 1 fully saturated rings. The lowest BCUT2D eigenvalue weighted by Gasteiger charge is -2.29. The first-order chi connectivity index (χ1) is 17.4. The van der Waals surface area contributed by atoms with E-state index in [0.717, 1.165) is 58.7 Å². The van der Waals surface area contributed by atoms with Crippen LogP contribution < -0.4 is 4.74 Å². The molecule has 2 aromatic heterocycles. The average molecular weight is 482 g/mol. The number of hydrogen-bond donors (Lipinski definition) is 1. The molecule has 0 amide bonds. The highest BCUT2D eigenvalue weighted by atomic mass is 16.5. The Balaban J connectivity index is 1.65. The fourth-order valence-corrected chi connectivity index (χ4v) is 5.08. The van der Waals surface area contributed by atoms with Crippen molar-refractivity contribution < 1.29 is 9.84 Å². The topological polar surface area (TPSA) is 86.7 Å². The Morgan fingerprint density at radius 2 is 1.97 bits per heavy atom. The molecule has 2 aromatic carbocycles. The normalized spacial score (nSPS) is 17.1. The van der Waals surface area contributed by atoms with Crippen LogP contribution in [0.3, 0.4) is 0 Å². The molecule has 0 radical (unpaired) electrons. The summed E-state index contributed by atoms with van der Waals surface area (Å²) in [7, 11) is 2.15. The van der Waals surface area contributed by atoms with Crippen LogP contribution in [0.5, 0.6) is 6.01 Å². The quantitative estimate of drug-likeness (QED) is 0.416. The highest BCUT2D eigenvalue weighted by molar-refractivity contribution is 5.90. The van der Waals surface area contributed by atoms with Gasteiger partial charge in [-0.05, 0) is 75.2 Å². The number of benzene rings is 2. The number of imidazole rings is 1. The van der Waals surface area contributed by atoms with Gasteiger partial charge < -0.3 is 14.7 Å². The van der Waals surface area contributed by atoms with E-state index < -0.39 is 6.10 Å². The molecule has 1 unspecified atom stereocenters. The summed E-state index contributed by atoms with van der Waals surface area (Å²) in [6, 6.07) is 16.2. The van der Waals surface area contributed by atoms with Crippen molar-refractivity contribution in [3.8, 4) is 34.5 Å². The van der Waals surface area contributed by atoms with Crippen molar-refractivity contribution in [1.29, 1.82) is 5.26 Å². The molecular weight excluding hydrogens is 450 g/mol. The minimum Gasteiger partial charge on any atom is -0.464 e. The van der Waals surface area contributed by atoms with Crippen molar-refractivity contribution in [2.75, 3.05) is 26.7 Å². The third-order valence-corrected chi connectivity index (χ3v) is 6.99. The van der Waals surface area contributed by atoms with E-state index >= 15 is 0 Å². The Labute approximate surface area is 211 Å². The van der Waals surface area contributed by atoms with Crippen LogP contribution in [0.2, 0.25) is 0 Å². The molecule has 3 heterocycles. The molecule has 0 aliphatic carbocycles. The second-order valence-electron chi connectivity index (χ2n) is 9.76. The number of nitrogens with zero attached hydrogens (tertiary/aromatic N) is 5. The summed E-state index contributed by atoms with van der Waals surface area (Å²) in [4.78, 5) is 12.1. The van der Waals surface area contributed by atoms with Crippen LogP contribution in [0.25, 0.3) is 28.0 Å². The van der Waals surface area contributed by atoms with Crippen LogP contribution in [-0.4, -0.2) is 51.1 Å². The first-order valence-corrected chi connectivity index (χ1v) is 12.4. The Bertz CT molecular complexity index is 1420. The van der Waals surface area contributed by atoms with E-state index in [2.05, 4.69) is 18.0 Å². The van der Waals surface area contributed by atoms with Gasteiger partial charge in [0.25, 0.3) is 0 Å². The van der Waals surface area contributed by atoms with Crippen LogP contribution in [0.4, 0.5) is 0 Å². The maximum Gasteiger partial charge on any atom is 0.302 e. The van der Waals surface area contributed by atoms with Crippen molar-refractivity contribution in [3.05, 3.63) is 71.5 Å². The summed E-state index contributed by atoms with van der Waals surface area (Å²) in [5.74, 6) is 0.452. The van der Waals surface area contributed by atoms with Gasteiger partial charge in [-0.15, -0.1) is 0 Å². The molecule has 184 valence electrons. The molecule has 36 heavy (non-hydrogen) atoms. The highest BCUT2D eigenvalue weighted by Gasteiger charge is 2.22. The van der Waals surface area contributed by atoms with Crippen molar-refractivity contribution >= 4 is 5.65 Å². The van der Waals surface area contributed by atoms with Crippen molar-refractivity contribution in [2.24, 2.45) is 5.92 Å². The van der Waals surface area contributed by atoms with Gasteiger partial charge in [0.15, 0.2) is 5.65 Å². The number of aromatic nitrogens is 3. The predicted molar refractivity (Wildman–Crippen MR) is 140 cm³/mol. The van der Waals surface area contributed by atoms with Crippen molar-refractivity contribution in [3.63, 3.8) is 0 Å². The molecule has 1 N–H and O–H groups in total. The van der Waals surface area contributed by atoms with Gasteiger partial charge in [-0.25, -0.2) is 4.98 Å². The first-order valence-electron chi connectivity index (χ1n) is 12.4. The van der Waals surface area contributed by atoms with E-state index in [0.29, 0.717) is 24.1 Å². The number of piperidine rings is 1. The molecule has 1 saturated heterocycles. The maximum atomic E-state index is 10.4. The van der Waals surface area contributed by atoms with E-state index in [4.69, 9.17) is 14.7 Å². The number of aliphatic hydroxyl groups excluding tert-OH is 1. The van der Waals surface area contributed by atoms with Crippen molar-refractivity contribution in [1.82, 2.24) is 19.3 Å². The summed E-state index contributed by atoms with van der Waals surface area (Å²) < 4.78 is 8.24. The number of aryl methyl sites for hydroxylation is 1. The number of nitriles is 1. The fourth-order valence-electron chi connectivity index (χ4n) is 5.08. The second kappa shape index (κ2) is 10.1. The summed E-state index contributed by atoms with van der Waals surface area (Å²) in [5.41, 5.74) is 6.59. The maximum absolute atomic E-state index is 10.4. The molecule has 0 saturated carbocycles. The molecule has 0 spiro atoms. The molecular formula is C29H31N5O2. The minimum absolute atomic E-state index is 0.452. The van der Waals surface area contributed by atoms with Crippen LogP contribution in [-0.2, 0) is 0 Å². The van der Waals surface area contributed by atoms with E-state index in [1.54, 1.807) is 25.3 Å². The van der Waals surface area contributed by atoms with Gasteiger partial charge in [-0.2, -0.15) is 10.2 Å². The van der Waals surface area contributed by atoms with Crippen LogP contribution in [0.15, 0.2) is 54.9 Å². The smallest absolute Gasteiger partial charge is 0.302 e. The van der Waals surface area contributed by atoms with E-state index in [1.807, 2.05) is 47.9 Å². The van der Waals surface area contributed by atoms with Crippen LogP contribution in [0, 0.1) is 24.2 Å². The third kappa shape index (κ3) is 4.70. The van der Waals surface area contributed by atoms with E-state index in [9.17, 15) is 10.4 Å². The largest absolute Gasteiger partial charge is 0.464 e. The zero-order chi connectivity index (χ0) is 25.2. The Kier molecular flexibility index (Phi) is 6.73. The summed E-state index contributed by atoms with van der Waals surface area (Å²) >= 11 is 0. The zero-order valence-corrected chi connectivity index (χ0v) is 21.0. The fraction of sp³-hybridized carbons (Fsp3) is 0.345. The molecule has 1 aliphatic rings. The summed E-state index contributed by atoms with van der Waals surface area (Å²) in [5, 5.41) is 19.6. The molecule has 1 aliphatic heterocycles. The lowest BCUT2D eigenvalue weighted by molar-refractivity contribution is 0.143. The Hall–Kier alpha value is -3.73. The number of aliphatic hydroxyl groups is 1. The Morgan fingerprint density at radius 1 is 1.19 bits per heavy atom. The van der Waals surface area contributed by atoms with E-state index in [1.165, 1.54) is 6.42 Å². The number of ether oxygens (including phenoxy) is 1. The van der Waals surface area contributed by atoms with Gasteiger partial charge in [-0.3, -0.25) is 4.40 Å². The third-order valence-electron chi connectivity index (χ3n) is 6.99. The van der Waals surface area contributed by atoms with Crippen LogP contribution >= 0.6 is 0 Å². The summed E-state index contributed by atoms with van der Waals surface area (Å²) in [6.45, 7) is 6.50. The standard InChI is InChI=1S/C29H31N5O2/c1-19-6-9-24(15-25(19)20(2)35)26-27(23-10-7-21(16-30)8-11-23)32-29(34-14-12-31-28(26)34)36-18-22-5-4-13-33(3)17-22/h6-12,14-15,20,22,35H,4-5,13,17-18H2,1-3H3/t20?,22-/m1/s1. The van der Waals surface area contributed by atoms with Gasteiger partial charge in [0.1, 0.15) is 0 Å². The molecule has 2 atom stereocenters. The molecule has 5 rings (SSSR count). The number of hydrogen-bond acceptors (Lipinski definition) is 6. The minimum atomic E-state index is -0.594. The van der Waals surface area contributed by atoms with Gasteiger partial charge in [-0.1, -0.05) is 24.3 Å². The van der Waals surface area contributed by atoms with Crippen LogP contribution in [0.1, 0.15) is 42.6 Å². The zero-order valence-electron chi connectivity index (χ0n) is 21.0. The molecule has 7 nitrogen and oxygen atoms in total. The van der Waals surface area contributed by atoms with Crippen molar-refractivity contribution in [2.45, 2.75) is 32.8 Å². The second-order valence-corrected chi connectivity index (χ2v) is 9.76. The number of likely N-dealkylation sites (tertiary alicyclic amines) is 1. The highest BCUT2D eigenvalue weighted by Crippen LogP contribution is 2.37. The lowest BCUT2D eigenvalue weighted by atomic mass is 9.94. The van der Waals surface area contributed by atoms with Gasteiger partial charge in [0, 0.05) is 30.4 Å². The lowest BCUT2D eigenvalue weighted by Crippen LogP contribution is -2.35. The number of rotatable bonds is 6. The average Bonchev–Trinajstić information content (AvgIpc) is 3.37. The monoisotopic (exact) mass is 481 g/mol. The Morgan fingerprint density at radius 3 is 2.69 bits per heavy atom. The van der Waals surface area contributed by atoms with Gasteiger partial charge in [0.2, 0.25) is 0 Å².